The maximum atomic E-state index is 11.5. The molecule has 0 aliphatic rings. The number of carboxylic acids is 1. The summed E-state index contributed by atoms with van der Waals surface area (Å²) >= 11 is 0. The van der Waals surface area contributed by atoms with Gasteiger partial charge in [0.15, 0.2) is 5.25 Å². The third-order valence-corrected chi connectivity index (χ3v) is 3.81. The van der Waals surface area contributed by atoms with Crippen molar-refractivity contribution in [2.24, 2.45) is 0 Å². The van der Waals surface area contributed by atoms with Crippen molar-refractivity contribution in [2.45, 2.75) is 18.7 Å². The molecule has 2 N–H and O–H groups in total. The van der Waals surface area contributed by atoms with E-state index in [2.05, 4.69) is 4.72 Å². The number of aliphatic carboxylic acids is 1. The molecule has 6 heteroatoms. The van der Waals surface area contributed by atoms with Crippen LogP contribution in [0.15, 0.2) is 30.3 Å². The van der Waals surface area contributed by atoms with Crippen molar-refractivity contribution in [3.63, 3.8) is 0 Å². The number of hydrogen-bond acceptors (Lipinski definition) is 3. The summed E-state index contributed by atoms with van der Waals surface area (Å²) in [7, 11) is -3.81. The van der Waals surface area contributed by atoms with E-state index in [1.807, 2.05) is 6.07 Å². The molecule has 1 atom stereocenters. The number of hydrogen-bond donors (Lipinski definition) is 2. The highest BCUT2D eigenvalue weighted by atomic mass is 32.2. The van der Waals surface area contributed by atoms with Gasteiger partial charge in [-0.25, -0.2) is 13.1 Å². The number of nitrogens with one attached hydrogen (secondary N) is 1. The Morgan fingerprint density at radius 3 is 2.44 bits per heavy atom. The highest BCUT2D eigenvalue weighted by Gasteiger charge is 2.26. The van der Waals surface area contributed by atoms with Crippen molar-refractivity contribution in [2.75, 3.05) is 0 Å². The molecule has 0 fully saturated rings. The summed E-state index contributed by atoms with van der Waals surface area (Å²) in [6.45, 7) is 1.23. The number of rotatable bonds is 5. The fourth-order valence-electron chi connectivity index (χ4n) is 1.04. The van der Waals surface area contributed by atoms with Gasteiger partial charge >= 0.3 is 5.97 Å². The molecule has 0 bridgehead atoms. The number of benzene rings is 1. The topological polar surface area (TPSA) is 83.5 Å². The number of sulfonamides is 1. The SMILES string of the molecule is CC(C(=O)O)S(=O)(=O)NCc1ccccc1. The molecule has 0 spiro atoms. The van der Waals surface area contributed by atoms with Crippen LogP contribution in [0.3, 0.4) is 0 Å². The third kappa shape index (κ3) is 3.32. The Bertz CT molecular complexity index is 455. The molecule has 5 nitrogen and oxygen atoms in total. The zero-order valence-electron chi connectivity index (χ0n) is 8.75. The molecule has 1 rings (SSSR count). The lowest BCUT2D eigenvalue weighted by Crippen LogP contribution is -2.37. The Labute approximate surface area is 94.2 Å². The summed E-state index contributed by atoms with van der Waals surface area (Å²) in [4.78, 5) is 10.5. The lowest BCUT2D eigenvalue weighted by Gasteiger charge is -2.09. The smallest absolute Gasteiger partial charge is 0.323 e. The zero-order chi connectivity index (χ0) is 12.2. The first-order valence-corrected chi connectivity index (χ1v) is 6.23. The van der Waals surface area contributed by atoms with Crippen LogP contribution in [-0.4, -0.2) is 24.7 Å². The summed E-state index contributed by atoms with van der Waals surface area (Å²) in [5.41, 5.74) is 0.781. The van der Waals surface area contributed by atoms with Crippen LogP contribution < -0.4 is 4.72 Å². The Morgan fingerprint density at radius 2 is 1.94 bits per heavy atom. The molecule has 88 valence electrons. The maximum Gasteiger partial charge on any atom is 0.323 e. The molecule has 1 unspecified atom stereocenters. The summed E-state index contributed by atoms with van der Waals surface area (Å²) in [6, 6.07) is 8.90. The Kier molecular flexibility index (Phi) is 4.03. The van der Waals surface area contributed by atoms with E-state index in [0.717, 1.165) is 12.5 Å². The lowest BCUT2D eigenvalue weighted by molar-refractivity contribution is -0.136. The van der Waals surface area contributed by atoms with Crippen LogP contribution >= 0.6 is 0 Å². The summed E-state index contributed by atoms with van der Waals surface area (Å²) < 4.78 is 25.2. The molecular formula is C10H13NO4S. The van der Waals surface area contributed by atoms with E-state index in [1.54, 1.807) is 24.3 Å². The van der Waals surface area contributed by atoms with Crippen LogP contribution in [0.25, 0.3) is 0 Å². The highest BCUT2D eigenvalue weighted by molar-refractivity contribution is 7.90. The molecule has 1 aromatic rings. The Morgan fingerprint density at radius 1 is 1.38 bits per heavy atom. The van der Waals surface area contributed by atoms with Crippen LogP contribution in [-0.2, 0) is 21.4 Å². The standard InChI is InChI=1S/C10H13NO4S/c1-8(10(12)13)16(14,15)11-7-9-5-3-2-4-6-9/h2-6,8,11H,7H2,1H3,(H,12,13). The van der Waals surface area contributed by atoms with E-state index in [1.165, 1.54) is 0 Å². The molecule has 0 amide bonds. The van der Waals surface area contributed by atoms with Gasteiger partial charge in [-0.1, -0.05) is 30.3 Å². The quantitative estimate of drug-likeness (QED) is 0.792. The first kappa shape index (κ1) is 12.7. The predicted octanol–water partition coefficient (Wildman–Crippen LogP) is 0.579. The molecule has 1 aromatic carbocycles. The van der Waals surface area contributed by atoms with Crippen molar-refractivity contribution in [1.29, 1.82) is 0 Å². The largest absolute Gasteiger partial charge is 0.480 e. The second kappa shape index (κ2) is 5.09. The minimum absolute atomic E-state index is 0.0980. The fraction of sp³-hybridized carbons (Fsp3) is 0.300. The summed E-state index contributed by atoms with van der Waals surface area (Å²) in [5.74, 6) is -1.36. The van der Waals surface area contributed by atoms with Gasteiger partial charge in [0, 0.05) is 6.54 Å². The first-order valence-electron chi connectivity index (χ1n) is 4.68. The van der Waals surface area contributed by atoms with Crippen molar-refractivity contribution in [3.8, 4) is 0 Å². The summed E-state index contributed by atoms with van der Waals surface area (Å²) in [6.07, 6.45) is 0. The van der Waals surface area contributed by atoms with Gasteiger partial charge in [-0.05, 0) is 12.5 Å². The summed E-state index contributed by atoms with van der Waals surface area (Å²) in [5, 5.41) is 7.15. The van der Waals surface area contributed by atoms with Gasteiger partial charge in [0.1, 0.15) is 0 Å². The van der Waals surface area contributed by atoms with E-state index in [0.29, 0.717) is 0 Å². The average molecular weight is 243 g/mol. The number of carbonyl (C=O) groups is 1. The van der Waals surface area contributed by atoms with Crippen molar-refractivity contribution in [3.05, 3.63) is 35.9 Å². The second-order valence-corrected chi connectivity index (χ2v) is 5.42. The van der Waals surface area contributed by atoms with Gasteiger partial charge in [0.25, 0.3) is 0 Å². The van der Waals surface area contributed by atoms with Gasteiger partial charge in [0.05, 0.1) is 0 Å². The molecule has 0 saturated heterocycles. The second-order valence-electron chi connectivity index (χ2n) is 3.33. The van der Waals surface area contributed by atoms with Crippen molar-refractivity contribution in [1.82, 2.24) is 4.72 Å². The van der Waals surface area contributed by atoms with Gasteiger partial charge in [-0.2, -0.15) is 0 Å². The Hall–Kier alpha value is -1.40. The van der Waals surface area contributed by atoms with Gasteiger partial charge in [-0.3, -0.25) is 4.79 Å². The first-order chi connectivity index (χ1) is 7.43. The third-order valence-electron chi connectivity index (χ3n) is 2.13. The minimum Gasteiger partial charge on any atom is -0.480 e. The van der Waals surface area contributed by atoms with E-state index in [9.17, 15) is 13.2 Å². The molecule has 0 saturated carbocycles. The number of carboxylic acid groups (broad SMARTS) is 1. The lowest BCUT2D eigenvalue weighted by atomic mass is 10.2. The van der Waals surface area contributed by atoms with Crippen LogP contribution in [0.1, 0.15) is 12.5 Å². The van der Waals surface area contributed by atoms with Crippen molar-refractivity contribution < 1.29 is 18.3 Å². The molecule has 16 heavy (non-hydrogen) atoms. The van der Waals surface area contributed by atoms with E-state index >= 15 is 0 Å². The van der Waals surface area contributed by atoms with Crippen molar-refractivity contribution >= 4 is 16.0 Å². The molecule has 0 radical (unpaired) electrons. The van der Waals surface area contributed by atoms with Gasteiger partial charge in [-0.15, -0.1) is 0 Å². The van der Waals surface area contributed by atoms with E-state index < -0.39 is 21.2 Å². The predicted molar refractivity (Wildman–Crippen MR) is 59.3 cm³/mol. The maximum absolute atomic E-state index is 11.5. The molecule has 0 heterocycles. The van der Waals surface area contributed by atoms with Crippen LogP contribution in [0.2, 0.25) is 0 Å². The minimum atomic E-state index is -3.81. The Balaban J connectivity index is 2.65. The van der Waals surface area contributed by atoms with Crippen LogP contribution in [0, 0.1) is 0 Å². The fourth-order valence-corrected chi connectivity index (χ4v) is 1.92. The van der Waals surface area contributed by atoms with Crippen LogP contribution in [0.4, 0.5) is 0 Å². The zero-order valence-corrected chi connectivity index (χ0v) is 9.57. The van der Waals surface area contributed by atoms with Gasteiger partial charge in [0.2, 0.25) is 10.0 Å². The molecule has 0 aromatic heterocycles. The molecular weight excluding hydrogens is 230 g/mol. The highest BCUT2D eigenvalue weighted by Crippen LogP contribution is 2.02. The van der Waals surface area contributed by atoms with Gasteiger partial charge < -0.3 is 5.11 Å². The molecule has 0 aliphatic carbocycles. The van der Waals surface area contributed by atoms with Crippen LogP contribution in [0.5, 0.6) is 0 Å². The van der Waals surface area contributed by atoms with E-state index in [4.69, 9.17) is 5.11 Å². The molecule has 0 aliphatic heterocycles. The normalized spacial score (nSPS) is 13.3. The average Bonchev–Trinajstić information content (AvgIpc) is 2.27. The van der Waals surface area contributed by atoms with E-state index in [-0.39, 0.29) is 6.54 Å². The monoisotopic (exact) mass is 243 g/mol.